The molecule has 0 spiro atoms. The van der Waals surface area contributed by atoms with Crippen LogP contribution in [-0.2, 0) is 6.54 Å². The Bertz CT molecular complexity index is 774. The molecule has 0 unspecified atom stereocenters. The molecule has 0 saturated heterocycles. The number of benzene rings is 2. The van der Waals surface area contributed by atoms with Crippen molar-refractivity contribution in [3.8, 4) is 0 Å². The zero-order valence-electron chi connectivity index (χ0n) is 10.8. The molecule has 2 aromatic carbocycles. The first-order valence-electron chi connectivity index (χ1n) is 6.17. The van der Waals surface area contributed by atoms with Crippen molar-refractivity contribution in [2.75, 3.05) is 5.73 Å². The molecule has 0 bridgehead atoms. The van der Waals surface area contributed by atoms with Gasteiger partial charge in [-0.2, -0.15) is 0 Å². The van der Waals surface area contributed by atoms with Gasteiger partial charge in [-0.15, -0.1) is 0 Å². The fourth-order valence-electron chi connectivity index (χ4n) is 2.32. The number of hydrogen-bond acceptors (Lipinski definition) is 3. The van der Waals surface area contributed by atoms with Crippen LogP contribution in [0.2, 0.25) is 0 Å². The minimum atomic E-state index is -1.02. The SMILES string of the molecule is Nc1cccc2c1C(=O)N(Cc1ccc(F)c(F)c1)C2=O. The third kappa shape index (κ3) is 2.05. The second-order valence-corrected chi connectivity index (χ2v) is 4.71. The van der Waals surface area contributed by atoms with Crippen molar-refractivity contribution in [3.05, 3.63) is 64.7 Å². The zero-order chi connectivity index (χ0) is 15.1. The number of amides is 2. The largest absolute Gasteiger partial charge is 0.398 e. The number of fused-ring (bicyclic) bond motifs is 1. The number of hydrogen-bond donors (Lipinski definition) is 1. The summed E-state index contributed by atoms with van der Waals surface area (Å²) >= 11 is 0. The molecule has 0 aromatic heterocycles. The Labute approximate surface area is 118 Å². The van der Waals surface area contributed by atoms with E-state index in [9.17, 15) is 18.4 Å². The number of carbonyl (C=O) groups is 2. The minimum absolute atomic E-state index is 0.136. The predicted molar refractivity (Wildman–Crippen MR) is 71.4 cm³/mol. The molecule has 0 saturated carbocycles. The highest BCUT2D eigenvalue weighted by molar-refractivity contribution is 6.23. The van der Waals surface area contributed by atoms with Gasteiger partial charge in [0.05, 0.1) is 17.7 Å². The van der Waals surface area contributed by atoms with Gasteiger partial charge in [-0.1, -0.05) is 12.1 Å². The van der Waals surface area contributed by atoms with Gasteiger partial charge < -0.3 is 5.73 Å². The van der Waals surface area contributed by atoms with Crippen LogP contribution in [0.4, 0.5) is 14.5 Å². The number of imide groups is 1. The van der Waals surface area contributed by atoms with E-state index in [1.165, 1.54) is 18.2 Å². The molecule has 0 aliphatic carbocycles. The van der Waals surface area contributed by atoms with Gasteiger partial charge in [-0.25, -0.2) is 8.78 Å². The monoisotopic (exact) mass is 288 g/mol. The first kappa shape index (κ1) is 13.2. The van der Waals surface area contributed by atoms with Crippen LogP contribution in [0, 0.1) is 11.6 Å². The Morgan fingerprint density at radius 3 is 2.43 bits per heavy atom. The van der Waals surface area contributed by atoms with Crippen LogP contribution in [0.3, 0.4) is 0 Å². The van der Waals surface area contributed by atoms with E-state index in [1.54, 1.807) is 6.07 Å². The van der Waals surface area contributed by atoms with E-state index < -0.39 is 23.4 Å². The van der Waals surface area contributed by atoms with E-state index in [1.807, 2.05) is 0 Å². The number of carbonyl (C=O) groups excluding carboxylic acids is 2. The maximum atomic E-state index is 13.2. The summed E-state index contributed by atoms with van der Waals surface area (Å²) in [5.41, 5.74) is 6.64. The normalized spacial score (nSPS) is 13.7. The summed E-state index contributed by atoms with van der Waals surface area (Å²) in [6, 6.07) is 7.87. The average molecular weight is 288 g/mol. The van der Waals surface area contributed by atoms with Gasteiger partial charge >= 0.3 is 0 Å². The Morgan fingerprint density at radius 2 is 1.76 bits per heavy atom. The van der Waals surface area contributed by atoms with Gasteiger partial charge in [0.15, 0.2) is 11.6 Å². The lowest BCUT2D eigenvalue weighted by Gasteiger charge is -2.14. The van der Waals surface area contributed by atoms with Crippen molar-refractivity contribution in [1.29, 1.82) is 0 Å². The Kier molecular flexibility index (Phi) is 2.94. The lowest BCUT2D eigenvalue weighted by atomic mass is 10.1. The van der Waals surface area contributed by atoms with Crippen LogP contribution in [0.15, 0.2) is 36.4 Å². The summed E-state index contributed by atoms with van der Waals surface area (Å²) in [6.45, 7) is -0.136. The molecule has 2 aromatic rings. The summed E-state index contributed by atoms with van der Waals surface area (Å²) < 4.78 is 26.1. The highest BCUT2D eigenvalue weighted by Gasteiger charge is 2.36. The average Bonchev–Trinajstić information content (AvgIpc) is 2.69. The maximum Gasteiger partial charge on any atom is 0.263 e. The van der Waals surface area contributed by atoms with Crippen LogP contribution < -0.4 is 5.73 Å². The maximum absolute atomic E-state index is 13.2. The molecule has 6 heteroatoms. The quantitative estimate of drug-likeness (QED) is 0.681. The standard InChI is InChI=1S/C15H10F2N2O2/c16-10-5-4-8(6-11(10)17)7-19-14(20)9-2-1-3-12(18)13(9)15(19)21/h1-6H,7,18H2. The lowest BCUT2D eigenvalue weighted by Crippen LogP contribution is -2.29. The van der Waals surface area contributed by atoms with Crippen molar-refractivity contribution in [3.63, 3.8) is 0 Å². The molecule has 2 N–H and O–H groups in total. The van der Waals surface area contributed by atoms with E-state index in [0.29, 0.717) is 5.56 Å². The van der Waals surface area contributed by atoms with Crippen LogP contribution in [0.5, 0.6) is 0 Å². The molecule has 0 fully saturated rings. The number of nitrogens with zero attached hydrogens (tertiary/aromatic N) is 1. The van der Waals surface area contributed by atoms with Gasteiger partial charge in [0, 0.05) is 5.69 Å². The molecule has 3 rings (SSSR count). The van der Waals surface area contributed by atoms with Gasteiger partial charge in [-0.05, 0) is 29.8 Å². The predicted octanol–water partition coefficient (Wildman–Crippen LogP) is 2.34. The first-order valence-corrected chi connectivity index (χ1v) is 6.17. The van der Waals surface area contributed by atoms with Crippen LogP contribution in [-0.4, -0.2) is 16.7 Å². The van der Waals surface area contributed by atoms with Gasteiger partial charge in [0.2, 0.25) is 0 Å². The van der Waals surface area contributed by atoms with E-state index >= 15 is 0 Å². The van der Waals surface area contributed by atoms with Crippen molar-refractivity contribution in [2.45, 2.75) is 6.54 Å². The van der Waals surface area contributed by atoms with Gasteiger partial charge in [0.25, 0.3) is 11.8 Å². The number of anilines is 1. The Morgan fingerprint density at radius 1 is 1.00 bits per heavy atom. The highest BCUT2D eigenvalue weighted by atomic mass is 19.2. The van der Waals surface area contributed by atoms with Crippen LogP contribution in [0.1, 0.15) is 26.3 Å². The zero-order valence-corrected chi connectivity index (χ0v) is 10.8. The molecule has 0 atom stereocenters. The van der Waals surface area contributed by atoms with Crippen molar-refractivity contribution >= 4 is 17.5 Å². The number of nitrogens with two attached hydrogens (primary N) is 1. The van der Waals surface area contributed by atoms with E-state index in [2.05, 4.69) is 0 Å². The molecule has 21 heavy (non-hydrogen) atoms. The Balaban J connectivity index is 1.95. The van der Waals surface area contributed by atoms with Crippen molar-refractivity contribution in [2.24, 2.45) is 0 Å². The highest BCUT2D eigenvalue weighted by Crippen LogP contribution is 2.28. The molecule has 1 aliphatic rings. The second kappa shape index (κ2) is 4.66. The molecular weight excluding hydrogens is 278 g/mol. The number of nitrogen functional groups attached to an aromatic ring is 1. The third-order valence-corrected chi connectivity index (χ3v) is 3.36. The van der Waals surface area contributed by atoms with E-state index in [0.717, 1.165) is 17.0 Å². The van der Waals surface area contributed by atoms with Crippen LogP contribution >= 0.6 is 0 Å². The second-order valence-electron chi connectivity index (χ2n) is 4.71. The Hall–Kier alpha value is -2.76. The molecule has 4 nitrogen and oxygen atoms in total. The molecule has 1 aliphatic heterocycles. The summed E-state index contributed by atoms with van der Waals surface area (Å²) in [5.74, 6) is -3.03. The van der Waals surface area contributed by atoms with Crippen molar-refractivity contribution in [1.82, 2.24) is 4.90 Å². The third-order valence-electron chi connectivity index (χ3n) is 3.36. The van der Waals surface area contributed by atoms with Crippen LogP contribution in [0.25, 0.3) is 0 Å². The van der Waals surface area contributed by atoms with E-state index in [4.69, 9.17) is 5.73 Å². The molecular formula is C15H10F2N2O2. The number of rotatable bonds is 2. The molecule has 0 radical (unpaired) electrons. The fourth-order valence-corrected chi connectivity index (χ4v) is 2.32. The van der Waals surface area contributed by atoms with Gasteiger partial charge in [0.1, 0.15) is 0 Å². The minimum Gasteiger partial charge on any atom is -0.398 e. The van der Waals surface area contributed by atoms with Gasteiger partial charge in [-0.3, -0.25) is 14.5 Å². The fraction of sp³-hybridized carbons (Fsp3) is 0.0667. The summed E-state index contributed by atoms with van der Waals surface area (Å²) in [6.07, 6.45) is 0. The lowest BCUT2D eigenvalue weighted by molar-refractivity contribution is 0.0642. The van der Waals surface area contributed by atoms with E-state index in [-0.39, 0.29) is 23.4 Å². The summed E-state index contributed by atoms with van der Waals surface area (Å²) in [4.78, 5) is 25.4. The summed E-state index contributed by atoms with van der Waals surface area (Å²) in [5, 5.41) is 0. The molecule has 2 amide bonds. The topological polar surface area (TPSA) is 63.4 Å². The smallest absolute Gasteiger partial charge is 0.263 e. The number of halogens is 2. The molecule has 1 heterocycles. The van der Waals surface area contributed by atoms with Crippen molar-refractivity contribution < 1.29 is 18.4 Å². The molecule has 106 valence electrons. The summed E-state index contributed by atoms with van der Waals surface area (Å²) in [7, 11) is 0. The first-order chi connectivity index (χ1) is 9.99.